The van der Waals surface area contributed by atoms with E-state index in [9.17, 15) is 5.11 Å². The molecule has 0 amide bonds. The molecule has 0 aromatic heterocycles. The lowest BCUT2D eigenvalue weighted by Gasteiger charge is -2.08. The van der Waals surface area contributed by atoms with Crippen LogP contribution in [0.1, 0.15) is 12.0 Å². The largest absolute Gasteiger partial charge is 0.391 e. The van der Waals surface area contributed by atoms with Crippen molar-refractivity contribution in [1.29, 1.82) is 0 Å². The van der Waals surface area contributed by atoms with Gasteiger partial charge >= 0.3 is 0 Å². The van der Waals surface area contributed by atoms with Crippen LogP contribution in [-0.2, 0) is 4.74 Å². The van der Waals surface area contributed by atoms with Crippen molar-refractivity contribution in [3.05, 3.63) is 35.9 Å². The zero-order valence-corrected chi connectivity index (χ0v) is 10.1. The van der Waals surface area contributed by atoms with Gasteiger partial charge in [-0.15, -0.1) is 0 Å². The highest BCUT2D eigenvalue weighted by molar-refractivity contribution is 5.33. The summed E-state index contributed by atoms with van der Waals surface area (Å²) in [5.74, 6) is 6.09. The average Bonchev–Trinajstić information content (AvgIpc) is 2.35. The Bertz CT molecular complexity index is 353. The van der Waals surface area contributed by atoms with Gasteiger partial charge < -0.3 is 15.2 Å². The van der Waals surface area contributed by atoms with Crippen molar-refractivity contribution in [3.8, 4) is 11.8 Å². The Labute approximate surface area is 103 Å². The zero-order valence-electron chi connectivity index (χ0n) is 10.1. The summed E-state index contributed by atoms with van der Waals surface area (Å²) in [5.41, 5.74) is 1.02. The molecule has 0 aliphatic rings. The summed E-state index contributed by atoms with van der Waals surface area (Å²) >= 11 is 0. The average molecular weight is 233 g/mol. The summed E-state index contributed by atoms with van der Waals surface area (Å²) in [6.07, 6.45) is 0.288. The van der Waals surface area contributed by atoms with Crippen LogP contribution in [0.4, 0.5) is 0 Å². The van der Waals surface area contributed by atoms with Crippen LogP contribution in [0, 0.1) is 11.8 Å². The van der Waals surface area contributed by atoms with Crippen molar-refractivity contribution < 1.29 is 9.84 Å². The van der Waals surface area contributed by atoms with Gasteiger partial charge in [-0.1, -0.05) is 30.0 Å². The van der Waals surface area contributed by atoms with Crippen molar-refractivity contribution >= 4 is 0 Å². The fourth-order valence-corrected chi connectivity index (χ4v) is 1.36. The standard InChI is InChI=1S/C14H19NO2/c1-17-12-14(16)9-11-15-10-5-8-13-6-3-2-4-7-13/h2-4,6-7,14-16H,9-12H2,1H3. The summed E-state index contributed by atoms with van der Waals surface area (Å²) < 4.78 is 4.83. The van der Waals surface area contributed by atoms with Gasteiger partial charge in [0.25, 0.3) is 0 Å². The van der Waals surface area contributed by atoms with E-state index in [1.54, 1.807) is 7.11 Å². The Kier molecular flexibility index (Phi) is 7.08. The quantitative estimate of drug-likeness (QED) is 0.569. The molecule has 17 heavy (non-hydrogen) atoms. The minimum atomic E-state index is -0.394. The number of aliphatic hydroxyl groups excluding tert-OH is 1. The second-order valence-corrected chi connectivity index (χ2v) is 3.74. The van der Waals surface area contributed by atoms with Crippen molar-refractivity contribution in [2.45, 2.75) is 12.5 Å². The number of hydrogen-bond donors (Lipinski definition) is 2. The van der Waals surface area contributed by atoms with Crippen LogP contribution < -0.4 is 5.32 Å². The van der Waals surface area contributed by atoms with E-state index in [1.165, 1.54) is 0 Å². The molecule has 0 spiro atoms. The van der Waals surface area contributed by atoms with Gasteiger partial charge in [-0.25, -0.2) is 0 Å². The molecule has 0 radical (unpaired) electrons. The molecule has 1 aromatic rings. The fourth-order valence-electron chi connectivity index (χ4n) is 1.36. The molecule has 1 aromatic carbocycles. The molecule has 0 fully saturated rings. The van der Waals surface area contributed by atoms with E-state index >= 15 is 0 Å². The van der Waals surface area contributed by atoms with Crippen molar-refractivity contribution in [2.24, 2.45) is 0 Å². The predicted molar refractivity (Wildman–Crippen MR) is 68.7 cm³/mol. The lowest BCUT2D eigenvalue weighted by molar-refractivity contribution is 0.0596. The number of rotatable bonds is 6. The maximum absolute atomic E-state index is 9.38. The minimum absolute atomic E-state index is 0.386. The van der Waals surface area contributed by atoms with E-state index in [0.717, 1.165) is 12.1 Å². The molecule has 0 bridgehead atoms. The first kappa shape index (κ1) is 13.7. The second kappa shape index (κ2) is 8.77. The van der Waals surface area contributed by atoms with E-state index in [4.69, 9.17) is 4.74 Å². The van der Waals surface area contributed by atoms with Crippen LogP contribution >= 0.6 is 0 Å². The maximum atomic E-state index is 9.38. The van der Waals surface area contributed by atoms with Crippen LogP contribution in [-0.4, -0.2) is 38.0 Å². The molecule has 1 rings (SSSR count). The van der Waals surface area contributed by atoms with Crippen LogP contribution in [0.2, 0.25) is 0 Å². The van der Waals surface area contributed by atoms with Crippen molar-refractivity contribution in [2.75, 3.05) is 26.8 Å². The SMILES string of the molecule is COCC(O)CCNCC#Cc1ccccc1. The molecule has 92 valence electrons. The highest BCUT2D eigenvalue weighted by Gasteiger charge is 2.00. The number of aliphatic hydroxyl groups is 1. The smallest absolute Gasteiger partial charge is 0.0785 e. The first-order valence-corrected chi connectivity index (χ1v) is 5.74. The highest BCUT2D eigenvalue weighted by atomic mass is 16.5. The number of benzene rings is 1. The Morgan fingerprint density at radius 2 is 2.12 bits per heavy atom. The Hall–Kier alpha value is -1.34. The van der Waals surface area contributed by atoms with Gasteiger partial charge in [0.15, 0.2) is 0 Å². The van der Waals surface area contributed by atoms with Crippen LogP contribution in [0.5, 0.6) is 0 Å². The summed E-state index contributed by atoms with van der Waals surface area (Å²) in [6.45, 7) is 1.76. The monoisotopic (exact) mass is 233 g/mol. The number of nitrogens with one attached hydrogen (secondary N) is 1. The lowest BCUT2D eigenvalue weighted by Crippen LogP contribution is -2.23. The molecule has 3 heteroatoms. The first-order chi connectivity index (χ1) is 8.33. The van der Waals surface area contributed by atoms with Crippen LogP contribution in [0.25, 0.3) is 0 Å². The van der Waals surface area contributed by atoms with Gasteiger partial charge in [0.1, 0.15) is 0 Å². The third-order valence-electron chi connectivity index (χ3n) is 2.23. The summed E-state index contributed by atoms with van der Waals surface area (Å²) in [6, 6.07) is 9.88. The highest BCUT2D eigenvalue weighted by Crippen LogP contribution is 1.94. The van der Waals surface area contributed by atoms with Gasteiger partial charge in [0, 0.05) is 12.7 Å². The van der Waals surface area contributed by atoms with Crippen LogP contribution in [0.15, 0.2) is 30.3 Å². The van der Waals surface area contributed by atoms with E-state index in [2.05, 4.69) is 17.2 Å². The van der Waals surface area contributed by atoms with Gasteiger partial charge in [-0.2, -0.15) is 0 Å². The van der Waals surface area contributed by atoms with Gasteiger partial charge in [0.05, 0.1) is 19.3 Å². The number of hydrogen-bond acceptors (Lipinski definition) is 3. The van der Waals surface area contributed by atoms with Gasteiger partial charge in [0.2, 0.25) is 0 Å². The number of ether oxygens (including phenoxy) is 1. The van der Waals surface area contributed by atoms with E-state index in [0.29, 0.717) is 19.6 Å². The molecule has 0 heterocycles. The third-order valence-corrected chi connectivity index (χ3v) is 2.23. The Morgan fingerprint density at radius 1 is 1.35 bits per heavy atom. The van der Waals surface area contributed by atoms with Crippen LogP contribution in [0.3, 0.4) is 0 Å². The molecular weight excluding hydrogens is 214 g/mol. The second-order valence-electron chi connectivity index (χ2n) is 3.74. The molecule has 0 saturated carbocycles. The van der Waals surface area contributed by atoms with E-state index in [-0.39, 0.29) is 0 Å². The van der Waals surface area contributed by atoms with E-state index < -0.39 is 6.10 Å². The summed E-state index contributed by atoms with van der Waals surface area (Å²) in [5, 5.41) is 12.5. The molecule has 2 N–H and O–H groups in total. The first-order valence-electron chi connectivity index (χ1n) is 5.74. The molecule has 0 aliphatic carbocycles. The normalized spacial score (nSPS) is 11.6. The lowest BCUT2D eigenvalue weighted by atomic mass is 10.2. The van der Waals surface area contributed by atoms with Gasteiger partial charge in [-0.3, -0.25) is 0 Å². The predicted octanol–water partition coefficient (Wildman–Crippen LogP) is 1.03. The molecule has 0 saturated heterocycles. The zero-order chi connectivity index (χ0) is 12.3. The maximum Gasteiger partial charge on any atom is 0.0785 e. The van der Waals surface area contributed by atoms with Crippen molar-refractivity contribution in [3.63, 3.8) is 0 Å². The molecule has 3 nitrogen and oxygen atoms in total. The topological polar surface area (TPSA) is 41.5 Å². The van der Waals surface area contributed by atoms with E-state index in [1.807, 2.05) is 30.3 Å². The third kappa shape index (κ3) is 6.75. The minimum Gasteiger partial charge on any atom is -0.391 e. The Balaban J connectivity index is 2.11. The van der Waals surface area contributed by atoms with Crippen molar-refractivity contribution in [1.82, 2.24) is 5.32 Å². The Morgan fingerprint density at radius 3 is 2.82 bits per heavy atom. The fraction of sp³-hybridized carbons (Fsp3) is 0.429. The summed E-state index contributed by atoms with van der Waals surface area (Å²) in [7, 11) is 1.59. The molecular formula is C14H19NO2. The van der Waals surface area contributed by atoms with Gasteiger partial charge in [-0.05, 0) is 25.1 Å². The molecule has 0 aliphatic heterocycles. The number of methoxy groups -OCH3 is 1. The molecule has 1 atom stereocenters. The molecule has 1 unspecified atom stereocenters. The summed E-state index contributed by atoms with van der Waals surface area (Å²) in [4.78, 5) is 0.